The average Bonchev–Trinajstić information content (AvgIpc) is 2.87. The molecular weight excluding hydrogens is 610 g/mol. The summed E-state index contributed by atoms with van der Waals surface area (Å²) in [6, 6.07) is 16.6. The topological polar surface area (TPSA) is 65.7 Å². The van der Waals surface area contributed by atoms with Crippen molar-refractivity contribution in [1.82, 2.24) is 9.66 Å². The quantitative estimate of drug-likeness (QED) is 0.188. The lowest BCUT2D eigenvalue weighted by atomic mass is 10.1. The van der Waals surface area contributed by atoms with Crippen LogP contribution >= 0.6 is 43.5 Å². The van der Waals surface area contributed by atoms with E-state index >= 15 is 0 Å². The van der Waals surface area contributed by atoms with Crippen LogP contribution < -0.4 is 15.0 Å². The molecule has 0 aliphatic carbocycles. The van der Waals surface area contributed by atoms with Gasteiger partial charge < -0.3 is 9.47 Å². The molecule has 4 rings (SSSR count). The number of nitrogens with zero attached hydrogens (tertiary/aromatic N) is 3. The lowest BCUT2D eigenvalue weighted by Gasteiger charge is -2.15. The Bertz CT molecular complexity index is 1490. The van der Waals surface area contributed by atoms with Gasteiger partial charge in [-0.15, -0.1) is 0 Å². The van der Waals surface area contributed by atoms with E-state index < -0.39 is 0 Å². The first kappa shape index (κ1) is 26.4. The van der Waals surface area contributed by atoms with Gasteiger partial charge in [-0.1, -0.05) is 53.5 Å². The second-order valence-corrected chi connectivity index (χ2v) is 10.5. The fourth-order valence-electron chi connectivity index (χ4n) is 3.59. The minimum absolute atomic E-state index is 0.0489. The van der Waals surface area contributed by atoms with Crippen molar-refractivity contribution in [1.29, 1.82) is 0 Å². The molecule has 0 radical (unpaired) electrons. The van der Waals surface area contributed by atoms with E-state index in [-0.39, 0.29) is 11.5 Å². The Balaban J connectivity index is 1.69. The van der Waals surface area contributed by atoms with Crippen molar-refractivity contribution in [2.24, 2.45) is 5.10 Å². The third-order valence-electron chi connectivity index (χ3n) is 5.76. The third-order valence-corrected chi connectivity index (χ3v) is 7.09. The Morgan fingerprint density at radius 3 is 2.58 bits per heavy atom. The van der Waals surface area contributed by atoms with Crippen molar-refractivity contribution in [2.45, 2.75) is 32.8 Å². The van der Waals surface area contributed by atoms with Gasteiger partial charge in [-0.05, 0) is 75.9 Å². The second kappa shape index (κ2) is 11.6. The predicted octanol–water partition coefficient (Wildman–Crippen LogP) is 7.56. The summed E-state index contributed by atoms with van der Waals surface area (Å²) >= 11 is 13.0. The minimum Gasteiger partial charge on any atom is -0.493 e. The zero-order valence-electron chi connectivity index (χ0n) is 20.0. The molecule has 1 heterocycles. The van der Waals surface area contributed by atoms with Crippen molar-refractivity contribution >= 4 is 60.6 Å². The third kappa shape index (κ3) is 5.82. The normalized spacial score (nSPS) is 12.3. The van der Waals surface area contributed by atoms with Crippen LogP contribution in [0.25, 0.3) is 10.9 Å². The molecule has 0 aliphatic rings. The summed E-state index contributed by atoms with van der Waals surface area (Å²) < 4.78 is 14.5. The monoisotopic (exact) mass is 631 g/mol. The van der Waals surface area contributed by atoms with E-state index in [0.29, 0.717) is 44.3 Å². The summed E-state index contributed by atoms with van der Waals surface area (Å²) in [6.45, 7) is 4.44. The van der Waals surface area contributed by atoms with Crippen LogP contribution in [0.2, 0.25) is 5.02 Å². The van der Waals surface area contributed by atoms with Gasteiger partial charge in [0.05, 0.1) is 28.7 Å². The van der Waals surface area contributed by atoms with Crippen molar-refractivity contribution in [3.05, 3.63) is 95.9 Å². The Morgan fingerprint density at radius 1 is 1.14 bits per heavy atom. The molecule has 186 valence electrons. The first-order chi connectivity index (χ1) is 17.3. The van der Waals surface area contributed by atoms with Gasteiger partial charge in [-0.25, -0.2) is 4.98 Å². The zero-order valence-corrected chi connectivity index (χ0v) is 23.9. The summed E-state index contributed by atoms with van der Waals surface area (Å²) in [7, 11) is 1.58. The fraction of sp³-hybridized carbons (Fsp3) is 0.222. The summed E-state index contributed by atoms with van der Waals surface area (Å²) in [5.74, 6) is 1.77. The van der Waals surface area contributed by atoms with Crippen molar-refractivity contribution < 1.29 is 9.47 Å². The van der Waals surface area contributed by atoms with Gasteiger partial charge in [0.1, 0.15) is 12.4 Å². The van der Waals surface area contributed by atoms with Gasteiger partial charge >= 0.3 is 0 Å². The number of rotatable bonds is 8. The van der Waals surface area contributed by atoms with E-state index in [4.69, 9.17) is 26.1 Å². The molecule has 0 fully saturated rings. The Kier molecular flexibility index (Phi) is 8.49. The fourth-order valence-corrected chi connectivity index (χ4v) is 4.66. The van der Waals surface area contributed by atoms with Crippen LogP contribution in [0.3, 0.4) is 0 Å². The maximum absolute atomic E-state index is 13.4. The van der Waals surface area contributed by atoms with Crippen LogP contribution in [0.15, 0.2) is 73.4 Å². The molecule has 0 unspecified atom stereocenters. The number of methoxy groups -OCH3 is 1. The van der Waals surface area contributed by atoms with E-state index in [0.717, 1.165) is 22.0 Å². The molecule has 0 saturated carbocycles. The molecule has 0 N–H and O–H groups in total. The number of ether oxygens (including phenoxy) is 2. The highest BCUT2D eigenvalue weighted by atomic mass is 79.9. The van der Waals surface area contributed by atoms with Gasteiger partial charge in [0.25, 0.3) is 5.56 Å². The van der Waals surface area contributed by atoms with E-state index in [1.54, 1.807) is 19.4 Å². The highest BCUT2D eigenvalue weighted by molar-refractivity contribution is 9.10. The van der Waals surface area contributed by atoms with Gasteiger partial charge in [0, 0.05) is 15.4 Å². The molecule has 0 bridgehead atoms. The molecule has 1 aromatic heterocycles. The number of benzene rings is 3. The number of hydrogen-bond donors (Lipinski definition) is 0. The van der Waals surface area contributed by atoms with Crippen molar-refractivity contribution in [3.8, 4) is 11.5 Å². The van der Waals surface area contributed by atoms with Crippen LogP contribution in [0.1, 0.15) is 43.1 Å². The molecule has 6 nitrogen and oxygen atoms in total. The van der Waals surface area contributed by atoms with Crippen molar-refractivity contribution in [3.63, 3.8) is 0 Å². The van der Waals surface area contributed by atoms with Crippen LogP contribution in [0, 0.1) is 0 Å². The van der Waals surface area contributed by atoms with Gasteiger partial charge in [-0.2, -0.15) is 9.78 Å². The minimum atomic E-state index is -0.221. The number of halogens is 3. The first-order valence-corrected chi connectivity index (χ1v) is 13.3. The Morgan fingerprint density at radius 2 is 1.89 bits per heavy atom. The number of fused-ring (bicyclic) bond motifs is 1. The van der Waals surface area contributed by atoms with E-state index in [1.807, 2.05) is 55.5 Å². The summed E-state index contributed by atoms with van der Waals surface area (Å²) in [5, 5.41) is 5.72. The molecule has 0 amide bonds. The highest BCUT2D eigenvalue weighted by Crippen LogP contribution is 2.37. The molecular formula is C27H24Br2ClN3O3. The molecule has 1 atom stereocenters. The average molecular weight is 634 g/mol. The summed E-state index contributed by atoms with van der Waals surface area (Å²) in [6.07, 6.45) is 2.44. The molecule has 4 aromatic rings. The van der Waals surface area contributed by atoms with Crippen LogP contribution in [-0.2, 0) is 6.61 Å². The number of aromatic nitrogens is 2. The maximum Gasteiger partial charge on any atom is 0.282 e. The molecule has 3 aromatic carbocycles. The SMILES string of the molecule is CC[C@H](C)c1nc2ccc(Br)cc2c(=O)n1N=Cc1cc(Br)c(OCc2ccc(Cl)cc2)c(OC)c1. The number of hydrogen-bond acceptors (Lipinski definition) is 5. The smallest absolute Gasteiger partial charge is 0.282 e. The van der Waals surface area contributed by atoms with Gasteiger partial charge in [0.15, 0.2) is 11.5 Å². The predicted molar refractivity (Wildman–Crippen MR) is 152 cm³/mol. The molecule has 0 spiro atoms. The van der Waals surface area contributed by atoms with Gasteiger partial charge in [0.2, 0.25) is 0 Å². The van der Waals surface area contributed by atoms with E-state index in [2.05, 4.69) is 43.9 Å². The lowest BCUT2D eigenvalue weighted by molar-refractivity contribution is 0.282. The second-order valence-electron chi connectivity index (χ2n) is 8.25. The highest BCUT2D eigenvalue weighted by Gasteiger charge is 2.16. The lowest BCUT2D eigenvalue weighted by Crippen LogP contribution is -2.23. The van der Waals surface area contributed by atoms with Gasteiger partial charge in [-0.3, -0.25) is 4.79 Å². The Hall–Kier alpha value is -2.68. The van der Waals surface area contributed by atoms with Crippen LogP contribution in [0.5, 0.6) is 11.5 Å². The van der Waals surface area contributed by atoms with Crippen molar-refractivity contribution in [2.75, 3.05) is 7.11 Å². The van der Waals surface area contributed by atoms with Crippen LogP contribution in [0.4, 0.5) is 0 Å². The molecule has 0 saturated heterocycles. The maximum atomic E-state index is 13.4. The first-order valence-electron chi connectivity index (χ1n) is 11.3. The molecule has 0 aliphatic heterocycles. The molecule has 36 heavy (non-hydrogen) atoms. The zero-order chi connectivity index (χ0) is 25.8. The molecule has 9 heteroatoms. The van der Waals surface area contributed by atoms with E-state index in [1.165, 1.54) is 4.68 Å². The largest absolute Gasteiger partial charge is 0.493 e. The Labute approximate surface area is 231 Å². The standard InChI is InChI=1S/C27H24Br2ClN3O3/c1-4-16(2)26-32-23-10-7-19(28)13-21(23)27(34)33(26)31-14-18-11-22(29)25(24(12-18)35-3)36-15-17-5-8-20(30)9-6-17/h5-14,16H,4,15H2,1-3H3/t16-/m0/s1. The summed E-state index contributed by atoms with van der Waals surface area (Å²) in [4.78, 5) is 18.1. The summed E-state index contributed by atoms with van der Waals surface area (Å²) in [5.41, 5.74) is 2.14. The van der Waals surface area contributed by atoms with Crippen LogP contribution in [-0.4, -0.2) is 23.0 Å². The van der Waals surface area contributed by atoms with E-state index in [9.17, 15) is 4.79 Å².